The molecule has 0 spiro atoms. The Balaban J connectivity index is 1.68. The Morgan fingerprint density at radius 3 is 2.82 bits per heavy atom. The molecule has 7 heteroatoms. The van der Waals surface area contributed by atoms with Crippen LogP contribution < -0.4 is 14.2 Å². The normalized spacial score (nSPS) is 18.2. The smallest absolute Gasteiger partial charge is 0.396 e. The molecule has 0 amide bonds. The number of aliphatic hydroxyl groups is 1. The minimum atomic E-state index is -1.27. The standard InChI is InChI=1S/C21H20Cl2N3O2/c1-28-17-5-2-4-15(12-17)8-11-26-20-24-9-3-10-25(20)14-21(26,27)16-6-7-18(22)19(23)13-16/h2-7,9-10,12-13,27H,8,11,14H2,1H3/q+1. The van der Waals surface area contributed by atoms with Crippen molar-refractivity contribution in [3.8, 4) is 5.75 Å². The van der Waals surface area contributed by atoms with Crippen molar-refractivity contribution >= 4 is 29.2 Å². The Hall–Kier alpha value is -2.34. The van der Waals surface area contributed by atoms with Gasteiger partial charge >= 0.3 is 5.95 Å². The number of fused-ring (bicyclic) bond motifs is 1. The average Bonchev–Trinajstić information content (AvgIpc) is 3.01. The van der Waals surface area contributed by atoms with Gasteiger partial charge in [-0.25, -0.2) is 9.47 Å². The zero-order chi connectivity index (χ0) is 19.7. The number of ether oxygens (including phenoxy) is 1. The molecule has 4 rings (SSSR count). The van der Waals surface area contributed by atoms with Crippen LogP contribution in [0.4, 0.5) is 5.95 Å². The minimum Gasteiger partial charge on any atom is -0.497 e. The van der Waals surface area contributed by atoms with E-state index in [4.69, 9.17) is 27.9 Å². The lowest BCUT2D eigenvalue weighted by molar-refractivity contribution is -0.685. The van der Waals surface area contributed by atoms with E-state index in [1.165, 1.54) is 0 Å². The number of nitrogens with zero attached hydrogens (tertiary/aromatic N) is 3. The molecule has 0 fully saturated rings. The van der Waals surface area contributed by atoms with Crippen LogP contribution in [0.2, 0.25) is 10.0 Å². The second kappa shape index (κ2) is 7.59. The molecule has 1 atom stereocenters. The van der Waals surface area contributed by atoms with E-state index in [0.717, 1.165) is 17.7 Å². The van der Waals surface area contributed by atoms with Gasteiger partial charge in [-0.05, 0) is 29.8 Å². The summed E-state index contributed by atoms with van der Waals surface area (Å²) in [4.78, 5) is 6.40. The lowest BCUT2D eigenvalue weighted by atomic mass is 10.0. The van der Waals surface area contributed by atoms with Crippen molar-refractivity contribution in [2.24, 2.45) is 0 Å². The molecule has 28 heavy (non-hydrogen) atoms. The molecule has 3 aromatic rings. The first-order valence-electron chi connectivity index (χ1n) is 8.94. The number of hydrogen-bond acceptors (Lipinski definition) is 4. The van der Waals surface area contributed by atoms with Crippen LogP contribution in [0.3, 0.4) is 0 Å². The van der Waals surface area contributed by atoms with Gasteiger partial charge in [-0.15, -0.1) is 0 Å². The quantitative estimate of drug-likeness (QED) is 0.645. The molecular formula is C21H20Cl2N3O2+. The Bertz CT molecular complexity index is 1010. The summed E-state index contributed by atoms with van der Waals surface area (Å²) in [6.45, 7) is 0.924. The molecule has 5 nitrogen and oxygen atoms in total. The van der Waals surface area contributed by atoms with Crippen molar-refractivity contribution in [3.63, 3.8) is 0 Å². The lowest BCUT2D eigenvalue weighted by Gasteiger charge is -2.28. The monoisotopic (exact) mass is 416 g/mol. The van der Waals surface area contributed by atoms with Crippen molar-refractivity contribution in [2.45, 2.75) is 18.7 Å². The highest BCUT2D eigenvalue weighted by molar-refractivity contribution is 6.42. The van der Waals surface area contributed by atoms with Gasteiger partial charge in [0.2, 0.25) is 5.72 Å². The predicted octanol–water partition coefficient (Wildman–Crippen LogP) is 3.59. The first-order chi connectivity index (χ1) is 13.5. The van der Waals surface area contributed by atoms with Gasteiger partial charge in [-0.1, -0.05) is 46.4 Å². The molecule has 1 aliphatic heterocycles. The van der Waals surface area contributed by atoms with Crippen molar-refractivity contribution in [1.29, 1.82) is 0 Å². The third-order valence-corrected chi connectivity index (χ3v) is 5.76. The largest absolute Gasteiger partial charge is 0.497 e. The average molecular weight is 417 g/mol. The van der Waals surface area contributed by atoms with E-state index in [-0.39, 0.29) is 0 Å². The number of aromatic nitrogens is 2. The summed E-state index contributed by atoms with van der Waals surface area (Å²) in [5.74, 6) is 1.52. The third kappa shape index (κ3) is 3.41. The maximum Gasteiger partial charge on any atom is 0.396 e. The molecular weight excluding hydrogens is 397 g/mol. The SMILES string of the molecule is COc1cccc(CCN2c3nccc[n+]3CC2(O)c2ccc(Cl)c(Cl)c2)c1. The van der Waals surface area contributed by atoms with E-state index in [2.05, 4.69) is 4.98 Å². The Morgan fingerprint density at radius 1 is 1.18 bits per heavy atom. The maximum atomic E-state index is 11.7. The molecule has 2 heterocycles. The van der Waals surface area contributed by atoms with Crippen LogP contribution in [-0.2, 0) is 18.7 Å². The fraction of sp³-hybridized carbons (Fsp3) is 0.238. The predicted molar refractivity (Wildman–Crippen MR) is 109 cm³/mol. The Labute approximate surface area is 173 Å². The highest BCUT2D eigenvalue weighted by atomic mass is 35.5. The highest BCUT2D eigenvalue weighted by Gasteiger charge is 2.51. The molecule has 0 saturated carbocycles. The fourth-order valence-corrected chi connectivity index (χ4v) is 3.87. The minimum absolute atomic E-state index is 0.353. The zero-order valence-corrected chi connectivity index (χ0v) is 16.9. The number of anilines is 1. The van der Waals surface area contributed by atoms with Crippen molar-refractivity contribution in [1.82, 2.24) is 4.98 Å². The summed E-state index contributed by atoms with van der Waals surface area (Å²) in [5, 5.41) is 12.5. The summed E-state index contributed by atoms with van der Waals surface area (Å²) < 4.78 is 7.25. The summed E-state index contributed by atoms with van der Waals surface area (Å²) in [6.07, 6.45) is 4.36. The van der Waals surface area contributed by atoms with Crippen LogP contribution >= 0.6 is 23.2 Å². The summed E-state index contributed by atoms with van der Waals surface area (Å²) >= 11 is 12.3. The fourth-order valence-electron chi connectivity index (χ4n) is 3.58. The number of hydrogen-bond donors (Lipinski definition) is 1. The van der Waals surface area contributed by atoms with E-state index in [1.54, 1.807) is 31.5 Å². The van der Waals surface area contributed by atoms with E-state index >= 15 is 0 Å². The Kier molecular flexibility index (Phi) is 5.15. The molecule has 0 bridgehead atoms. The molecule has 1 aromatic heterocycles. The van der Waals surface area contributed by atoms with E-state index in [1.807, 2.05) is 46.0 Å². The number of methoxy groups -OCH3 is 1. The van der Waals surface area contributed by atoms with Crippen molar-refractivity contribution < 1.29 is 14.4 Å². The van der Waals surface area contributed by atoms with Gasteiger partial charge in [0.15, 0.2) is 0 Å². The van der Waals surface area contributed by atoms with E-state index in [9.17, 15) is 5.11 Å². The first kappa shape index (κ1) is 19.0. The van der Waals surface area contributed by atoms with Crippen LogP contribution in [0.5, 0.6) is 5.75 Å². The van der Waals surface area contributed by atoms with Crippen molar-refractivity contribution in [2.75, 3.05) is 18.6 Å². The molecule has 1 unspecified atom stereocenters. The van der Waals surface area contributed by atoms with Gasteiger partial charge in [0.25, 0.3) is 0 Å². The van der Waals surface area contributed by atoms with Crippen molar-refractivity contribution in [3.05, 3.63) is 82.1 Å². The maximum absolute atomic E-state index is 11.7. The summed E-state index contributed by atoms with van der Waals surface area (Å²) in [5.41, 5.74) is 0.525. The second-order valence-corrected chi connectivity index (χ2v) is 7.56. The van der Waals surface area contributed by atoms with Gasteiger partial charge in [-0.3, -0.25) is 0 Å². The molecule has 0 saturated heterocycles. The van der Waals surface area contributed by atoms with Gasteiger partial charge in [0.05, 0.1) is 29.9 Å². The van der Waals surface area contributed by atoms with Crippen LogP contribution in [0, 0.1) is 0 Å². The molecule has 0 aliphatic carbocycles. The van der Waals surface area contributed by atoms with Gasteiger partial charge in [-0.2, -0.15) is 0 Å². The second-order valence-electron chi connectivity index (χ2n) is 6.75. The third-order valence-electron chi connectivity index (χ3n) is 5.02. The first-order valence-corrected chi connectivity index (χ1v) is 9.70. The van der Waals surface area contributed by atoms with Crippen LogP contribution in [0.15, 0.2) is 60.9 Å². The topological polar surface area (TPSA) is 49.5 Å². The summed E-state index contributed by atoms with van der Waals surface area (Å²) in [6, 6.07) is 15.0. The molecule has 144 valence electrons. The lowest BCUT2D eigenvalue weighted by Crippen LogP contribution is -2.46. The van der Waals surface area contributed by atoms with Crippen LogP contribution in [-0.4, -0.2) is 23.7 Å². The molecule has 1 aliphatic rings. The molecule has 1 N–H and O–H groups in total. The number of rotatable bonds is 5. The zero-order valence-electron chi connectivity index (χ0n) is 15.3. The number of benzene rings is 2. The highest BCUT2D eigenvalue weighted by Crippen LogP contribution is 2.36. The van der Waals surface area contributed by atoms with E-state index < -0.39 is 5.72 Å². The summed E-state index contributed by atoms with van der Waals surface area (Å²) in [7, 11) is 1.65. The van der Waals surface area contributed by atoms with Crippen LogP contribution in [0.25, 0.3) is 0 Å². The Morgan fingerprint density at radius 2 is 2.04 bits per heavy atom. The molecule has 2 aromatic carbocycles. The van der Waals surface area contributed by atoms with Gasteiger partial charge < -0.3 is 9.84 Å². The van der Waals surface area contributed by atoms with Gasteiger partial charge in [0, 0.05) is 18.1 Å². The van der Waals surface area contributed by atoms with Gasteiger partial charge in [0.1, 0.15) is 18.5 Å². The number of halogens is 2. The van der Waals surface area contributed by atoms with Crippen LogP contribution in [0.1, 0.15) is 11.1 Å². The van der Waals surface area contributed by atoms with E-state index in [0.29, 0.717) is 34.6 Å². The molecule has 0 radical (unpaired) electrons.